The monoisotopic (exact) mass is 202 g/mol. The van der Waals surface area contributed by atoms with Crippen molar-refractivity contribution >= 4 is 11.6 Å². The summed E-state index contributed by atoms with van der Waals surface area (Å²) < 4.78 is 18.2. The first-order chi connectivity index (χ1) is 6.24. The molecule has 1 nitrogen and oxygen atoms in total. The fourth-order valence-electron chi connectivity index (χ4n) is 0.838. The van der Waals surface area contributed by atoms with Crippen molar-refractivity contribution in [1.82, 2.24) is 0 Å². The van der Waals surface area contributed by atoms with E-state index >= 15 is 0 Å². The summed E-state index contributed by atoms with van der Waals surface area (Å²) in [5.74, 6) is 0.721. The number of alkyl halides is 1. The molecule has 0 N–H and O–H groups in total. The zero-order chi connectivity index (χ0) is 9.68. The van der Waals surface area contributed by atoms with Crippen molar-refractivity contribution in [1.29, 1.82) is 0 Å². The van der Waals surface area contributed by atoms with Gasteiger partial charge in [0.25, 0.3) is 0 Å². The molecule has 13 heavy (non-hydrogen) atoms. The van der Waals surface area contributed by atoms with Crippen LogP contribution in [0, 0.1) is 11.7 Å². The van der Waals surface area contributed by atoms with Crippen LogP contribution >= 0.6 is 11.6 Å². The maximum atomic E-state index is 13.0. The van der Waals surface area contributed by atoms with Gasteiger partial charge in [-0.2, -0.15) is 0 Å². The van der Waals surface area contributed by atoms with E-state index in [1.807, 2.05) is 6.92 Å². The molecule has 0 amide bonds. The Morgan fingerprint density at radius 3 is 2.77 bits per heavy atom. The Balaban J connectivity index is 2.50. The number of rotatable bonds is 4. The van der Waals surface area contributed by atoms with E-state index in [2.05, 4.69) is 0 Å². The second-order valence-corrected chi connectivity index (χ2v) is 3.31. The average Bonchev–Trinajstić information content (AvgIpc) is 2.16. The van der Waals surface area contributed by atoms with Crippen molar-refractivity contribution in [3.63, 3.8) is 0 Å². The van der Waals surface area contributed by atoms with Gasteiger partial charge in [-0.1, -0.05) is 19.1 Å². The van der Waals surface area contributed by atoms with Gasteiger partial charge in [-0.3, -0.25) is 0 Å². The van der Waals surface area contributed by atoms with Crippen molar-refractivity contribution in [2.45, 2.75) is 6.92 Å². The van der Waals surface area contributed by atoms with E-state index in [-0.39, 0.29) is 11.7 Å². The second kappa shape index (κ2) is 5.07. The fraction of sp³-hybridized carbons (Fsp3) is 0.400. The second-order valence-electron chi connectivity index (χ2n) is 3.00. The van der Waals surface area contributed by atoms with Crippen molar-refractivity contribution < 1.29 is 9.13 Å². The van der Waals surface area contributed by atoms with E-state index in [0.717, 1.165) is 0 Å². The lowest BCUT2D eigenvalue weighted by Gasteiger charge is -2.10. The molecule has 0 spiro atoms. The molecule has 0 saturated heterocycles. The normalized spacial score (nSPS) is 12.5. The fourth-order valence-corrected chi connectivity index (χ4v) is 0.927. The van der Waals surface area contributed by atoms with Crippen LogP contribution in [0.3, 0.4) is 0 Å². The minimum Gasteiger partial charge on any atom is -0.490 e. The summed E-state index contributed by atoms with van der Waals surface area (Å²) in [6.07, 6.45) is 0. The molecule has 0 fully saturated rings. The van der Waals surface area contributed by atoms with Crippen LogP contribution < -0.4 is 4.74 Å². The molecule has 0 saturated carbocycles. The molecule has 1 aromatic carbocycles. The Labute approximate surface area is 82.5 Å². The molecule has 0 bridgehead atoms. The maximum absolute atomic E-state index is 13.0. The van der Waals surface area contributed by atoms with Gasteiger partial charge in [0, 0.05) is 11.8 Å². The zero-order valence-electron chi connectivity index (χ0n) is 7.47. The zero-order valence-corrected chi connectivity index (χ0v) is 8.22. The van der Waals surface area contributed by atoms with Crippen LogP contribution in [-0.4, -0.2) is 12.5 Å². The van der Waals surface area contributed by atoms with E-state index < -0.39 is 0 Å². The molecule has 0 aromatic heterocycles. The number of para-hydroxylation sites is 1. The standard InChI is InChI=1S/C10H12ClFO/c1-8(6-11)7-13-10-5-3-2-4-9(10)12/h2-5,8H,6-7H2,1H3/t8-/m0/s1. The molecule has 1 atom stereocenters. The number of halogens is 2. The largest absolute Gasteiger partial charge is 0.490 e. The first-order valence-corrected chi connectivity index (χ1v) is 4.70. The SMILES string of the molecule is C[C@@H](CCl)COc1ccccc1F. The number of hydrogen-bond donors (Lipinski definition) is 0. The topological polar surface area (TPSA) is 9.23 Å². The van der Waals surface area contributed by atoms with Crippen molar-refractivity contribution in [2.75, 3.05) is 12.5 Å². The summed E-state index contributed by atoms with van der Waals surface area (Å²) >= 11 is 5.58. The van der Waals surface area contributed by atoms with Gasteiger partial charge in [0.2, 0.25) is 0 Å². The highest BCUT2D eigenvalue weighted by molar-refractivity contribution is 6.18. The first kappa shape index (κ1) is 10.3. The molecule has 0 aliphatic rings. The van der Waals surface area contributed by atoms with Gasteiger partial charge in [0.05, 0.1) is 6.61 Å². The van der Waals surface area contributed by atoms with Crippen LogP contribution in [0.2, 0.25) is 0 Å². The predicted octanol–water partition coefficient (Wildman–Crippen LogP) is 3.08. The summed E-state index contributed by atoms with van der Waals surface area (Å²) in [5, 5.41) is 0. The van der Waals surface area contributed by atoms with Crippen LogP contribution in [0.1, 0.15) is 6.92 Å². The minimum absolute atomic E-state index is 0.237. The van der Waals surface area contributed by atoms with Crippen molar-refractivity contribution in [2.24, 2.45) is 5.92 Å². The number of ether oxygens (including phenoxy) is 1. The number of benzene rings is 1. The minimum atomic E-state index is -0.329. The molecule has 0 radical (unpaired) electrons. The van der Waals surface area contributed by atoms with E-state index in [1.165, 1.54) is 6.07 Å². The lowest BCUT2D eigenvalue weighted by atomic mass is 10.2. The average molecular weight is 203 g/mol. The summed E-state index contributed by atoms with van der Waals surface area (Å²) in [6.45, 7) is 2.40. The van der Waals surface area contributed by atoms with Gasteiger partial charge in [-0.05, 0) is 12.1 Å². The van der Waals surface area contributed by atoms with E-state index in [0.29, 0.717) is 18.2 Å². The molecule has 0 heterocycles. The van der Waals surface area contributed by atoms with Gasteiger partial charge in [0.1, 0.15) is 0 Å². The molecule has 1 aromatic rings. The summed E-state index contributed by atoms with van der Waals surface area (Å²) in [4.78, 5) is 0. The molecule has 1 rings (SSSR count). The smallest absolute Gasteiger partial charge is 0.165 e. The van der Waals surface area contributed by atoms with Crippen molar-refractivity contribution in [3.05, 3.63) is 30.1 Å². The molecular weight excluding hydrogens is 191 g/mol. The van der Waals surface area contributed by atoms with Gasteiger partial charge in [-0.25, -0.2) is 4.39 Å². The lowest BCUT2D eigenvalue weighted by molar-refractivity contribution is 0.261. The Bertz CT molecular complexity index is 265. The molecule has 3 heteroatoms. The van der Waals surface area contributed by atoms with Crippen LogP contribution in [0.5, 0.6) is 5.75 Å². The summed E-state index contributed by atoms with van der Waals surface area (Å²) in [6, 6.07) is 6.36. The highest BCUT2D eigenvalue weighted by Crippen LogP contribution is 2.16. The number of hydrogen-bond acceptors (Lipinski definition) is 1. The molecule has 0 aliphatic heterocycles. The van der Waals surface area contributed by atoms with Gasteiger partial charge in [-0.15, -0.1) is 11.6 Å². The van der Waals surface area contributed by atoms with Gasteiger partial charge < -0.3 is 4.74 Å². The molecule has 72 valence electrons. The van der Waals surface area contributed by atoms with Crippen LogP contribution in [0.25, 0.3) is 0 Å². The quantitative estimate of drug-likeness (QED) is 0.682. The molecule has 0 unspecified atom stereocenters. The Morgan fingerprint density at radius 2 is 2.15 bits per heavy atom. The van der Waals surface area contributed by atoms with Crippen LogP contribution in [0.4, 0.5) is 4.39 Å². The summed E-state index contributed by atoms with van der Waals surface area (Å²) in [7, 11) is 0. The first-order valence-electron chi connectivity index (χ1n) is 4.17. The Morgan fingerprint density at radius 1 is 1.46 bits per heavy atom. The van der Waals surface area contributed by atoms with E-state index in [1.54, 1.807) is 18.2 Å². The third kappa shape index (κ3) is 3.23. The Kier molecular flexibility index (Phi) is 4.03. The van der Waals surface area contributed by atoms with E-state index in [9.17, 15) is 4.39 Å². The van der Waals surface area contributed by atoms with Crippen molar-refractivity contribution in [3.8, 4) is 5.75 Å². The summed E-state index contributed by atoms with van der Waals surface area (Å²) in [5.41, 5.74) is 0. The van der Waals surface area contributed by atoms with Crippen LogP contribution in [-0.2, 0) is 0 Å². The van der Waals surface area contributed by atoms with Crippen LogP contribution in [0.15, 0.2) is 24.3 Å². The maximum Gasteiger partial charge on any atom is 0.165 e. The lowest BCUT2D eigenvalue weighted by Crippen LogP contribution is -2.10. The highest BCUT2D eigenvalue weighted by atomic mass is 35.5. The van der Waals surface area contributed by atoms with Gasteiger partial charge in [0.15, 0.2) is 11.6 Å². The Hall–Kier alpha value is -0.760. The molecule has 0 aliphatic carbocycles. The molecular formula is C10H12ClFO. The highest BCUT2D eigenvalue weighted by Gasteiger charge is 2.04. The predicted molar refractivity (Wildman–Crippen MR) is 51.8 cm³/mol. The third-order valence-corrected chi connectivity index (χ3v) is 2.15. The van der Waals surface area contributed by atoms with E-state index in [4.69, 9.17) is 16.3 Å². The third-order valence-electron chi connectivity index (χ3n) is 1.62. The van der Waals surface area contributed by atoms with Gasteiger partial charge >= 0.3 is 0 Å².